The lowest BCUT2D eigenvalue weighted by atomic mass is 10.2. The second kappa shape index (κ2) is 4.68. The molecule has 1 aromatic heterocycles. The Morgan fingerprint density at radius 2 is 2.17 bits per heavy atom. The van der Waals surface area contributed by atoms with Crippen molar-refractivity contribution in [2.24, 2.45) is 13.0 Å². The van der Waals surface area contributed by atoms with Gasteiger partial charge in [-0.05, 0) is 30.0 Å². The minimum Gasteiger partial charge on any atom is -0.395 e. The van der Waals surface area contributed by atoms with Crippen molar-refractivity contribution in [3.8, 4) is 11.5 Å². The van der Waals surface area contributed by atoms with Crippen molar-refractivity contribution in [3.63, 3.8) is 0 Å². The highest BCUT2D eigenvalue weighted by Gasteiger charge is 2.45. The van der Waals surface area contributed by atoms with Crippen molar-refractivity contribution < 1.29 is 23.0 Å². The predicted molar refractivity (Wildman–Crippen MR) is 75.3 cm³/mol. The van der Waals surface area contributed by atoms with Crippen molar-refractivity contribution in [1.82, 2.24) is 9.78 Å². The van der Waals surface area contributed by atoms with Gasteiger partial charge in [0, 0.05) is 30.9 Å². The number of carbonyl (C=O) groups excluding carboxylic acids is 1. The van der Waals surface area contributed by atoms with Crippen LogP contribution in [0.3, 0.4) is 0 Å². The zero-order valence-electron chi connectivity index (χ0n) is 12.1. The minimum absolute atomic E-state index is 0.0485. The van der Waals surface area contributed by atoms with Crippen LogP contribution in [-0.4, -0.2) is 22.0 Å². The number of ether oxygens (including phenoxy) is 2. The molecule has 1 amide bonds. The smallest absolute Gasteiger partial charge is 0.395 e. The van der Waals surface area contributed by atoms with Crippen LogP contribution < -0.4 is 14.8 Å². The first-order valence-electron chi connectivity index (χ1n) is 7.10. The number of hydrogen-bond donors (Lipinski definition) is 1. The molecule has 2 heterocycles. The van der Waals surface area contributed by atoms with Gasteiger partial charge < -0.3 is 14.8 Å². The highest BCUT2D eigenvalue weighted by atomic mass is 19.3. The molecule has 2 atom stereocenters. The van der Waals surface area contributed by atoms with Gasteiger partial charge in [-0.15, -0.1) is 8.78 Å². The average molecular weight is 321 g/mol. The Balaban J connectivity index is 1.43. The number of benzene rings is 1. The second-order valence-electron chi connectivity index (χ2n) is 5.71. The standard InChI is InChI=1S/C15H13F2N3O3/c1-20-7-8(6-18-20)10-5-11(10)14(21)19-9-2-3-12-13(4-9)23-15(16,17)22-12/h2-4,6-7,10-11H,5H2,1H3,(H,19,21)/t10-,11+/m1/s1. The molecule has 1 N–H and O–H groups in total. The molecular formula is C15H13F2N3O3. The normalized spacial score (nSPS) is 23.6. The van der Waals surface area contributed by atoms with Crippen molar-refractivity contribution in [1.29, 1.82) is 0 Å². The van der Waals surface area contributed by atoms with Crippen LogP contribution in [0, 0.1) is 5.92 Å². The van der Waals surface area contributed by atoms with E-state index in [2.05, 4.69) is 19.9 Å². The van der Waals surface area contributed by atoms with E-state index in [0.717, 1.165) is 12.0 Å². The lowest BCUT2D eigenvalue weighted by Crippen LogP contribution is -2.25. The van der Waals surface area contributed by atoms with Crippen molar-refractivity contribution in [3.05, 3.63) is 36.2 Å². The Hall–Kier alpha value is -2.64. The Labute approximate surface area is 130 Å². The lowest BCUT2D eigenvalue weighted by molar-refractivity contribution is -0.286. The zero-order chi connectivity index (χ0) is 16.2. The number of anilines is 1. The number of nitrogens with zero attached hydrogens (tertiary/aromatic N) is 2. The van der Waals surface area contributed by atoms with Crippen LogP contribution in [-0.2, 0) is 11.8 Å². The van der Waals surface area contributed by atoms with Crippen molar-refractivity contribution in [2.75, 3.05) is 5.32 Å². The maximum Gasteiger partial charge on any atom is 0.586 e. The van der Waals surface area contributed by atoms with Gasteiger partial charge in [0.25, 0.3) is 0 Å². The topological polar surface area (TPSA) is 65.4 Å². The summed E-state index contributed by atoms with van der Waals surface area (Å²) in [5, 5.41) is 6.81. The fourth-order valence-corrected chi connectivity index (χ4v) is 2.75. The van der Waals surface area contributed by atoms with Crippen molar-refractivity contribution in [2.45, 2.75) is 18.6 Å². The van der Waals surface area contributed by atoms with Gasteiger partial charge >= 0.3 is 6.29 Å². The van der Waals surface area contributed by atoms with Crippen LogP contribution in [0.15, 0.2) is 30.6 Å². The first kappa shape index (κ1) is 14.0. The summed E-state index contributed by atoms with van der Waals surface area (Å²) in [5.41, 5.74) is 1.42. The molecule has 0 spiro atoms. The number of aryl methyl sites for hydroxylation is 1. The number of rotatable bonds is 3. The molecule has 23 heavy (non-hydrogen) atoms. The minimum atomic E-state index is -3.66. The average Bonchev–Trinajstić information content (AvgIpc) is 3.06. The monoisotopic (exact) mass is 321 g/mol. The molecule has 2 aliphatic rings. The number of carbonyl (C=O) groups is 1. The summed E-state index contributed by atoms with van der Waals surface area (Å²) in [6, 6.07) is 4.18. The SMILES string of the molecule is Cn1cc([C@H]2C[C@@H]2C(=O)Nc2ccc3c(c2)OC(F)(F)O3)cn1. The maximum atomic E-state index is 13.0. The summed E-state index contributed by atoms with van der Waals surface area (Å²) >= 11 is 0. The van der Waals surface area contributed by atoms with Gasteiger partial charge in [-0.1, -0.05) is 0 Å². The van der Waals surface area contributed by atoms with E-state index in [1.807, 2.05) is 13.2 Å². The quantitative estimate of drug-likeness (QED) is 0.943. The highest BCUT2D eigenvalue weighted by Crippen LogP contribution is 2.48. The number of halogens is 2. The molecule has 6 nitrogen and oxygen atoms in total. The number of alkyl halides is 2. The summed E-state index contributed by atoms with van der Waals surface area (Å²) < 4.78 is 36.3. The third kappa shape index (κ3) is 2.60. The van der Waals surface area contributed by atoms with E-state index in [-0.39, 0.29) is 29.2 Å². The number of nitrogens with one attached hydrogen (secondary N) is 1. The van der Waals surface area contributed by atoms with Gasteiger partial charge in [-0.2, -0.15) is 5.10 Å². The van der Waals surface area contributed by atoms with E-state index in [0.29, 0.717) is 5.69 Å². The molecule has 1 aliphatic heterocycles. The molecule has 0 radical (unpaired) electrons. The fraction of sp³-hybridized carbons (Fsp3) is 0.333. The molecule has 4 rings (SSSR count). The molecule has 1 fully saturated rings. The summed E-state index contributed by atoms with van der Waals surface area (Å²) in [4.78, 5) is 12.2. The van der Waals surface area contributed by atoms with E-state index >= 15 is 0 Å². The van der Waals surface area contributed by atoms with Crippen LogP contribution in [0.5, 0.6) is 11.5 Å². The Kier molecular flexibility index (Phi) is 2.84. The molecule has 0 saturated heterocycles. The Morgan fingerprint density at radius 1 is 1.39 bits per heavy atom. The van der Waals surface area contributed by atoms with Gasteiger partial charge in [0.2, 0.25) is 5.91 Å². The highest BCUT2D eigenvalue weighted by molar-refractivity contribution is 5.95. The third-order valence-corrected chi connectivity index (χ3v) is 3.95. The van der Waals surface area contributed by atoms with Crippen molar-refractivity contribution >= 4 is 11.6 Å². The van der Waals surface area contributed by atoms with Gasteiger partial charge in [0.1, 0.15) is 0 Å². The summed E-state index contributed by atoms with van der Waals surface area (Å²) in [6.45, 7) is 0. The maximum absolute atomic E-state index is 13.0. The molecule has 120 valence electrons. The summed E-state index contributed by atoms with van der Waals surface area (Å²) in [6.07, 6.45) is 0.730. The summed E-state index contributed by atoms with van der Waals surface area (Å²) in [7, 11) is 1.82. The fourth-order valence-electron chi connectivity index (χ4n) is 2.75. The van der Waals surface area contributed by atoms with E-state index in [9.17, 15) is 13.6 Å². The van der Waals surface area contributed by atoms with Crippen LogP contribution in [0.2, 0.25) is 0 Å². The molecule has 1 aliphatic carbocycles. The van der Waals surface area contributed by atoms with Gasteiger partial charge in [-0.25, -0.2) is 0 Å². The summed E-state index contributed by atoms with van der Waals surface area (Å²) in [5.74, 6) is -0.266. The Bertz CT molecular complexity index is 790. The molecule has 0 bridgehead atoms. The number of fused-ring (bicyclic) bond motifs is 1. The zero-order valence-corrected chi connectivity index (χ0v) is 12.1. The van der Waals surface area contributed by atoms with Gasteiger partial charge in [0.05, 0.1) is 6.20 Å². The van der Waals surface area contributed by atoms with E-state index in [1.54, 1.807) is 10.9 Å². The molecule has 8 heteroatoms. The van der Waals surface area contributed by atoms with E-state index in [4.69, 9.17) is 0 Å². The van der Waals surface area contributed by atoms with Gasteiger partial charge in [0.15, 0.2) is 11.5 Å². The Morgan fingerprint density at radius 3 is 2.91 bits per heavy atom. The van der Waals surface area contributed by atoms with Gasteiger partial charge in [-0.3, -0.25) is 9.48 Å². The van der Waals surface area contributed by atoms with E-state index < -0.39 is 6.29 Å². The second-order valence-corrected chi connectivity index (χ2v) is 5.71. The largest absolute Gasteiger partial charge is 0.586 e. The number of hydrogen-bond acceptors (Lipinski definition) is 4. The first-order chi connectivity index (χ1) is 10.9. The molecule has 2 aromatic rings. The number of amides is 1. The molecular weight excluding hydrogens is 308 g/mol. The van der Waals surface area contributed by atoms with Crippen LogP contribution in [0.25, 0.3) is 0 Å². The first-order valence-corrected chi connectivity index (χ1v) is 7.10. The molecule has 1 aromatic carbocycles. The molecule has 0 unspecified atom stereocenters. The van der Waals surface area contributed by atoms with E-state index in [1.165, 1.54) is 18.2 Å². The lowest BCUT2D eigenvalue weighted by Gasteiger charge is -2.05. The predicted octanol–water partition coefficient (Wildman–Crippen LogP) is 2.48. The van der Waals surface area contributed by atoms with Crippen LogP contribution >= 0.6 is 0 Å². The number of aromatic nitrogens is 2. The third-order valence-electron chi connectivity index (χ3n) is 3.95. The van der Waals surface area contributed by atoms with Crippen LogP contribution in [0.4, 0.5) is 14.5 Å². The van der Waals surface area contributed by atoms with Crippen LogP contribution in [0.1, 0.15) is 17.9 Å². The molecule has 1 saturated carbocycles.